The highest BCUT2D eigenvalue weighted by Gasteiger charge is 2.44. The molecule has 0 spiro atoms. The minimum Gasteiger partial charge on any atom is -0.394 e. The third-order valence-corrected chi connectivity index (χ3v) is 3.64. The standard InChI is InChI=1S/C11H22N2O4S/c1-8(2)6-9(13-18(3,16)17)10(15)12-11(7-14)4-5-11/h8-9,13-14H,4-7H2,1-3H3,(H,12,15). The number of carbonyl (C=O) groups is 1. The van der Waals surface area contributed by atoms with E-state index in [-0.39, 0.29) is 18.4 Å². The van der Waals surface area contributed by atoms with E-state index >= 15 is 0 Å². The summed E-state index contributed by atoms with van der Waals surface area (Å²) in [5, 5.41) is 11.9. The molecule has 6 nitrogen and oxygen atoms in total. The molecule has 1 saturated carbocycles. The molecule has 0 aromatic heterocycles. The summed E-state index contributed by atoms with van der Waals surface area (Å²) in [6.45, 7) is 3.73. The van der Waals surface area contributed by atoms with Crippen molar-refractivity contribution in [2.24, 2.45) is 5.92 Å². The summed E-state index contributed by atoms with van der Waals surface area (Å²) in [5.41, 5.74) is -0.522. The largest absolute Gasteiger partial charge is 0.394 e. The van der Waals surface area contributed by atoms with Crippen molar-refractivity contribution in [1.82, 2.24) is 10.0 Å². The molecule has 1 atom stereocenters. The zero-order valence-electron chi connectivity index (χ0n) is 11.1. The van der Waals surface area contributed by atoms with Crippen LogP contribution in [0.3, 0.4) is 0 Å². The lowest BCUT2D eigenvalue weighted by Gasteiger charge is -2.22. The van der Waals surface area contributed by atoms with Gasteiger partial charge in [0.15, 0.2) is 0 Å². The second-order valence-corrected chi connectivity index (χ2v) is 7.28. The molecule has 18 heavy (non-hydrogen) atoms. The highest BCUT2D eigenvalue weighted by molar-refractivity contribution is 7.88. The molecule has 7 heteroatoms. The Labute approximate surface area is 108 Å². The highest BCUT2D eigenvalue weighted by atomic mass is 32.2. The summed E-state index contributed by atoms with van der Waals surface area (Å²) in [5.74, 6) is -0.167. The molecule has 0 heterocycles. The molecule has 0 aromatic carbocycles. The number of aliphatic hydroxyl groups is 1. The van der Waals surface area contributed by atoms with E-state index in [9.17, 15) is 13.2 Å². The number of hydrogen-bond acceptors (Lipinski definition) is 4. The Kier molecular flexibility index (Phi) is 4.74. The third-order valence-electron chi connectivity index (χ3n) is 2.92. The number of amides is 1. The van der Waals surface area contributed by atoms with Crippen LogP contribution >= 0.6 is 0 Å². The van der Waals surface area contributed by atoms with Crippen molar-refractivity contribution in [1.29, 1.82) is 0 Å². The van der Waals surface area contributed by atoms with Crippen molar-refractivity contribution in [3.8, 4) is 0 Å². The molecule has 0 radical (unpaired) electrons. The molecular weight excluding hydrogens is 256 g/mol. The van der Waals surface area contributed by atoms with Gasteiger partial charge in [0.1, 0.15) is 6.04 Å². The number of aliphatic hydroxyl groups excluding tert-OH is 1. The van der Waals surface area contributed by atoms with E-state index in [1.165, 1.54) is 0 Å². The van der Waals surface area contributed by atoms with Gasteiger partial charge >= 0.3 is 0 Å². The lowest BCUT2D eigenvalue weighted by Crippen LogP contribution is -2.51. The topological polar surface area (TPSA) is 95.5 Å². The molecule has 1 fully saturated rings. The maximum atomic E-state index is 12.0. The van der Waals surface area contributed by atoms with Gasteiger partial charge in [-0.1, -0.05) is 13.8 Å². The zero-order valence-corrected chi connectivity index (χ0v) is 11.9. The molecule has 0 saturated heterocycles. The van der Waals surface area contributed by atoms with Crippen molar-refractivity contribution in [2.75, 3.05) is 12.9 Å². The summed E-state index contributed by atoms with van der Waals surface area (Å²) in [6, 6.07) is -0.774. The van der Waals surface area contributed by atoms with E-state index in [0.29, 0.717) is 6.42 Å². The number of rotatable bonds is 7. The Bertz CT molecular complexity index is 401. The van der Waals surface area contributed by atoms with Crippen LogP contribution in [0.25, 0.3) is 0 Å². The summed E-state index contributed by atoms with van der Waals surface area (Å²) in [6.07, 6.45) is 2.94. The van der Waals surface area contributed by atoms with Crippen LogP contribution in [0, 0.1) is 5.92 Å². The van der Waals surface area contributed by atoms with E-state index in [0.717, 1.165) is 19.1 Å². The Morgan fingerprint density at radius 1 is 1.39 bits per heavy atom. The van der Waals surface area contributed by atoms with Crippen LogP contribution in [0.15, 0.2) is 0 Å². The Balaban J connectivity index is 2.67. The van der Waals surface area contributed by atoms with Gasteiger partial charge in [-0.3, -0.25) is 4.79 Å². The predicted molar refractivity (Wildman–Crippen MR) is 68.4 cm³/mol. The van der Waals surface area contributed by atoms with Crippen molar-refractivity contribution in [3.63, 3.8) is 0 Å². The van der Waals surface area contributed by atoms with Crippen molar-refractivity contribution >= 4 is 15.9 Å². The molecule has 106 valence electrons. The Morgan fingerprint density at radius 2 is 1.94 bits per heavy atom. The summed E-state index contributed by atoms with van der Waals surface area (Å²) < 4.78 is 24.8. The summed E-state index contributed by atoms with van der Waals surface area (Å²) in [4.78, 5) is 12.0. The van der Waals surface area contributed by atoms with Crippen molar-refractivity contribution < 1.29 is 18.3 Å². The van der Waals surface area contributed by atoms with Gasteiger partial charge in [0.05, 0.1) is 18.4 Å². The number of carbonyl (C=O) groups excluding carboxylic acids is 1. The Hall–Kier alpha value is -0.660. The van der Waals surface area contributed by atoms with Crippen LogP contribution in [0.5, 0.6) is 0 Å². The maximum absolute atomic E-state index is 12.0. The normalized spacial score (nSPS) is 19.6. The zero-order chi connectivity index (χ0) is 14.0. The first kappa shape index (κ1) is 15.4. The second-order valence-electron chi connectivity index (χ2n) is 5.50. The average Bonchev–Trinajstić information content (AvgIpc) is 2.94. The predicted octanol–water partition coefficient (Wildman–Crippen LogP) is -0.409. The van der Waals surface area contributed by atoms with Gasteiger partial charge in [0.2, 0.25) is 15.9 Å². The SMILES string of the molecule is CC(C)CC(NS(C)(=O)=O)C(=O)NC1(CO)CC1. The third kappa shape index (κ3) is 4.91. The Morgan fingerprint density at radius 3 is 2.28 bits per heavy atom. The van der Waals surface area contributed by atoms with Crippen molar-refractivity contribution in [3.05, 3.63) is 0 Å². The second kappa shape index (κ2) is 5.54. The summed E-state index contributed by atoms with van der Waals surface area (Å²) >= 11 is 0. The van der Waals surface area contributed by atoms with Crippen molar-refractivity contribution in [2.45, 2.75) is 44.7 Å². The average molecular weight is 278 g/mol. The molecule has 3 N–H and O–H groups in total. The van der Waals surface area contributed by atoms with Gasteiger partial charge in [0, 0.05) is 0 Å². The fraction of sp³-hybridized carbons (Fsp3) is 0.909. The van der Waals surface area contributed by atoms with Gasteiger partial charge in [0.25, 0.3) is 0 Å². The monoisotopic (exact) mass is 278 g/mol. The van der Waals surface area contributed by atoms with Gasteiger partial charge in [-0.05, 0) is 25.2 Å². The van der Waals surface area contributed by atoms with Crippen LogP contribution in [-0.4, -0.2) is 43.9 Å². The van der Waals surface area contributed by atoms with Crippen LogP contribution < -0.4 is 10.0 Å². The lowest BCUT2D eigenvalue weighted by atomic mass is 10.0. The molecule has 1 aliphatic carbocycles. The quantitative estimate of drug-likeness (QED) is 0.590. The first-order chi connectivity index (χ1) is 8.17. The molecule has 1 rings (SSSR count). The molecule has 1 unspecified atom stereocenters. The first-order valence-electron chi connectivity index (χ1n) is 6.08. The van der Waals surface area contributed by atoms with Crippen LogP contribution in [-0.2, 0) is 14.8 Å². The molecule has 0 bridgehead atoms. The minimum atomic E-state index is -3.43. The summed E-state index contributed by atoms with van der Waals surface area (Å²) in [7, 11) is -3.43. The van der Waals surface area contributed by atoms with E-state index in [1.54, 1.807) is 0 Å². The molecule has 0 aliphatic heterocycles. The fourth-order valence-corrected chi connectivity index (χ4v) is 2.48. The minimum absolute atomic E-state index is 0.105. The maximum Gasteiger partial charge on any atom is 0.238 e. The fourth-order valence-electron chi connectivity index (χ4n) is 1.76. The van der Waals surface area contributed by atoms with E-state index in [1.807, 2.05) is 13.8 Å². The van der Waals surface area contributed by atoms with E-state index in [4.69, 9.17) is 5.11 Å². The smallest absolute Gasteiger partial charge is 0.238 e. The number of nitrogens with one attached hydrogen (secondary N) is 2. The molecule has 1 aliphatic rings. The number of hydrogen-bond donors (Lipinski definition) is 3. The molecule has 1 amide bonds. The van der Waals surface area contributed by atoms with Crippen LogP contribution in [0.1, 0.15) is 33.1 Å². The highest BCUT2D eigenvalue weighted by Crippen LogP contribution is 2.34. The lowest BCUT2D eigenvalue weighted by molar-refractivity contribution is -0.124. The van der Waals surface area contributed by atoms with Gasteiger partial charge < -0.3 is 10.4 Å². The van der Waals surface area contributed by atoms with Gasteiger partial charge in [-0.15, -0.1) is 0 Å². The number of sulfonamides is 1. The van der Waals surface area contributed by atoms with Gasteiger partial charge in [-0.25, -0.2) is 13.1 Å². The molecular formula is C11H22N2O4S. The first-order valence-corrected chi connectivity index (χ1v) is 7.97. The van der Waals surface area contributed by atoms with Crippen LogP contribution in [0.2, 0.25) is 0 Å². The van der Waals surface area contributed by atoms with Crippen LogP contribution in [0.4, 0.5) is 0 Å². The molecule has 0 aromatic rings. The van der Waals surface area contributed by atoms with E-state index < -0.39 is 21.6 Å². The van der Waals surface area contributed by atoms with E-state index in [2.05, 4.69) is 10.0 Å². The van der Waals surface area contributed by atoms with Gasteiger partial charge in [-0.2, -0.15) is 0 Å².